The van der Waals surface area contributed by atoms with Crippen molar-refractivity contribution in [1.29, 1.82) is 0 Å². The number of hydrogen-bond donors (Lipinski definition) is 1. The number of nitrogens with zero attached hydrogens (tertiary/aromatic N) is 3. The van der Waals surface area contributed by atoms with Crippen LogP contribution in [0.4, 0.5) is 0 Å². The fraction of sp³-hybridized carbons (Fsp3) is 0.278. The maximum atomic E-state index is 4.89. The van der Waals surface area contributed by atoms with E-state index in [-0.39, 0.29) is 0 Å². The van der Waals surface area contributed by atoms with Crippen LogP contribution < -0.4 is 5.32 Å². The normalized spacial score (nSPS) is 16.0. The molecule has 1 saturated heterocycles. The van der Waals surface area contributed by atoms with Gasteiger partial charge in [-0.05, 0) is 28.1 Å². The topological polar surface area (TPSA) is 32.6 Å². The van der Waals surface area contributed by atoms with E-state index in [0.717, 1.165) is 48.5 Å². The van der Waals surface area contributed by atoms with E-state index in [4.69, 9.17) is 4.98 Å². The van der Waals surface area contributed by atoms with Gasteiger partial charge < -0.3 is 9.72 Å². The van der Waals surface area contributed by atoms with Crippen molar-refractivity contribution in [2.75, 3.05) is 26.2 Å². The smallest absolute Gasteiger partial charge is 0.137 e. The summed E-state index contributed by atoms with van der Waals surface area (Å²) in [7, 11) is 0. The molecule has 0 spiro atoms. The zero-order valence-corrected chi connectivity index (χ0v) is 14.5. The van der Waals surface area contributed by atoms with Gasteiger partial charge in [0.15, 0.2) is 0 Å². The molecule has 1 aromatic carbocycles. The predicted molar refractivity (Wildman–Crippen MR) is 96.5 cm³/mol. The predicted octanol–water partition coefficient (Wildman–Crippen LogP) is 3.17. The lowest BCUT2D eigenvalue weighted by atomic mass is 10.1. The first-order valence-corrected chi connectivity index (χ1v) is 8.75. The van der Waals surface area contributed by atoms with E-state index in [1.165, 1.54) is 11.3 Å². The van der Waals surface area contributed by atoms with Gasteiger partial charge in [-0.2, -0.15) is 0 Å². The Morgan fingerprint density at radius 2 is 1.83 bits per heavy atom. The molecular weight excluding hydrogens is 352 g/mol. The summed E-state index contributed by atoms with van der Waals surface area (Å²) in [6.45, 7) is 5.19. The van der Waals surface area contributed by atoms with Crippen molar-refractivity contribution in [3.8, 4) is 11.3 Å². The summed E-state index contributed by atoms with van der Waals surface area (Å²) in [6, 6.07) is 14.6. The highest BCUT2D eigenvalue weighted by atomic mass is 79.9. The number of pyridine rings is 1. The zero-order valence-electron chi connectivity index (χ0n) is 12.9. The van der Waals surface area contributed by atoms with Crippen LogP contribution in [0.5, 0.6) is 0 Å². The van der Waals surface area contributed by atoms with E-state index < -0.39 is 0 Å². The molecule has 0 aliphatic carbocycles. The van der Waals surface area contributed by atoms with Crippen LogP contribution in [0.25, 0.3) is 16.9 Å². The lowest BCUT2D eigenvalue weighted by Crippen LogP contribution is -2.43. The maximum Gasteiger partial charge on any atom is 0.137 e. The molecule has 0 radical (unpaired) electrons. The first kappa shape index (κ1) is 14.9. The number of rotatable bonds is 3. The highest BCUT2D eigenvalue weighted by Gasteiger charge is 2.18. The van der Waals surface area contributed by atoms with Gasteiger partial charge in [-0.15, -0.1) is 0 Å². The summed E-state index contributed by atoms with van der Waals surface area (Å²) in [5.74, 6) is 0. The molecule has 2 aromatic heterocycles. The third-order valence-electron chi connectivity index (χ3n) is 4.31. The number of halogens is 1. The minimum absolute atomic E-state index is 0.920. The van der Waals surface area contributed by atoms with Crippen LogP contribution in [0.1, 0.15) is 5.69 Å². The average molecular weight is 371 g/mol. The molecule has 23 heavy (non-hydrogen) atoms. The summed E-state index contributed by atoms with van der Waals surface area (Å²) in [5, 5.41) is 3.42. The summed E-state index contributed by atoms with van der Waals surface area (Å²) >= 11 is 3.59. The number of nitrogens with one attached hydrogen (secondary N) is 1. The fourth-order valence-electron chi connectivity index (χ4n) is 3.13. The molecule has 5 heteroatoms. The molecule has 4 rings (SSSR count). The van der Waals surface area contributed by atoms with Gasteiger partial charge in [0.25, 0.3) is 0 Å². The van der Waals surface area contributed by atoms with E-state index in [9.17, 15) is 0 Å². The van der Waals surface area contributed by atoms with Gasteiger partial charge in [-0.1, -0.05) is 30.3 Å². The van der Waals surface area contributed by atoms with Crippen molar-refractivity contribution in [2.24, 2.45) is 0 Å². The minimum Gasteiger partial charge on any atom is -0.314 e. The van der Waals surface area contributed by atoms with E-state index in [2.05, 4.69) is 67.1 Å². The Kier molecular flexibility index (Phi) is 4.16. The van der Waals surface area contributed by atoms with E-state index >= 15 is 0 Å². The molecule has 1 aliphatic heterocycles. The maximum absolute atomic E-state index is 4.89. The first-order chi connectivity index (χ1) is 11.3. The van der Waals surface area contributed by atoms with Crippen molar-refractivity contribution < 1.29 is 0 Å². The largest absolute Gasteiger partial charge is 0.314 e. The number of aromatic nitrogens is 2. The summed E-state index contributed by atoms with van der Waals surface area (Å²) in [6.07, 6.45) is 2.12. The molecule has 0 unspecified atom stereocenters. The van der Waals surface area contributed by atoms with Gasteiger partial charge in [0.1, 0.15) is 5.65 Å². The standard InChI is InChI=1S/C18H19BrN4/c19-15-6-7-17-21-18(14-4-2-1-3-5-14)16(23(17)12-15)13-22-10-8-20-9-11-22/h1-7,12,20H,8-11,13H2. The molecule has 3 aromatic rings. The van der Waals surface area contributed by atoms with E-state index in [1.807, 2.05) is 12.1 Å². The van der Waals surface area contributed by atoms with Crippen LogP contribution in [0.15, 0.2) is 53.1 Å². The molecule has 0 atom stereocenters. The molecule has 1 fully saturated rings. The lowest BCUT2D eigenvalue weighted by Gasteiger charge is -2.27. The second-order valence-electron chi connectivity index (χ2n) is 5.87. The van der Waals surface area contributed by atoms with E-state index in [1.54, 1.807) is 0 Å². The van der Waals surface area contributed by atoms with E-state index in [0.29, 0.717) is 0 Å². The number of piperazine rings is 1. The van der Waals surface area contributed by atoms with Crippen molar-refractivity contribution >= 4 is 21.6 Å². The third-order valence-corrected chi connectivity index (χ3v) is 4.78. The Morgan fingerprint density at radius 3 is 2.61 bits per heavy atom. The van der Waals surface area contributed by atoms with Crippen LogP contribution in [-0.4, -0.2) is 40.5 Å². The summed E-state index contributed by atoms with van der Waals surface area (Å²) in [5.41, 5.74) is 4.52. The number of benzene rings is 1. The van der Waals surface area contributed by atoms with Crippen LogP contribution in [-0.2, 0) is 6.54 Å². The molecule has 4 nitrogen and oxygen atoms in total. The Labute approximate surface area is 144 Å². The van der Waals surface area contributed by atoms with Gasteiger partial charge in [0, 0.05) is 49.0 Å². The Balaban J connectivity index is 1.82. The lowest BCUT2D eigenvalue weighted by molar-refractivity contribution is 0.230. The Morgan fingerprint density at radius 1 is 1.04 bits per heavy atom. The van der Waals surface area contributed by atoms with Crippen molar-refractivity contribution in [2.45, 2.75) is 6.54 Å². The number of imidazole rings is 1. The van der Waals surface area contributed by atoms with Gasteiger partial charge in [0.2, 0.25) is 0 Å². The third kappa shape index (κ3) is 3.04. The summed E-state index contributed by atoms with van der Waals surface area (Å²) in [4.78, 5) is 7.38. The summed E-state index contributed by atoms with van der Waals surface area (Å²) < 4.78 is 3.29. The average Bonchev–Trinajstić information content (AvgIpc) is 2.95. The molecule has 1 aliphatic rings. The van der Waals surface area contributed by atoms with Crippen LogP contribution >= 0.6 is 15.9 Å². The quantitative estimate of drug-likeness (QED) is 0.768. The van der Waals surface area contributed by atoms with Crippen molar-refractivity contribution in [3.63, 3.8) is 0 Å². The highest BCUT2D eigenvalue weighted by Crippen LogP contribution is 2.27. The Bertz CT molecular complexity index is 807. The number of hydrogen-bond acceptors (Lipinski definition) is 3. The molecule has 0 amide bonds. The van der Waals surface area contributed by atoms with Gasteiger partial charge in [-0.25, -0.2) is 4.98 Å². The molecule has 118 valence electrons. The first-order valence-electron chi connectivity index (χ1n) is 7.96. The second kappa shape index (κ2) is 6.43. The van der Waals surface area contributed by atoms with Gasteiger partial charge in [0.05, 0.1) is 11.4 Å². The molecular formula is C18H19BrN4. The van der Waals surface area contributed by atoms with Crippen LogP contribution in [0, 0.1) is 0 Å². The monoisotopic (exact) mass is 370 g/mol. The Hall–Kier alpha value is -1.69. The van der Waals surface area contributed by atoms with Crippen LogP contribution in [0.2, 0.25) is 0 Å². The fourth-order valence-corrected chi connectivity index (χ4v) is 3.46. The molecule has 1 N–H and O–H groups in total. The van der Waals surface area contributed by atoms with Gasteiger partial charge >= 0.3 is 0 Å². The molecule has 3 heterocycles. The number of fused-ring (bicyclic) bond motifs is 1. The van der Waals surface area contributed by atoms with Crippen LogP contribution in [0.3, 0.4) is 0 Å². The second-order valence-corrected chi connectivity index (χ2v) is 6.79. The highest BCUT2D eigenvalue weighted by molar-refractivity contribution is 9.10. The van der Waals surface area contributed by atoms with Crippen molar-refractivity contribution in [3.05, 3.63) is 58.8 Å². The molecule has 0 bridgehead atoms. The minimum atomic E-state index is 0.920. The van der Waals surface area contributed by atoms with Crippen molar-refractivity contribution in [1.82, 2.24) is 19.6 Å². The SMILES string of the molecule is Brc1ccc2nc(-c3ccccc3)c(CN3CCNCC3)n2c1. The van der Waals surface area contributed by atoms with Gasteiger partial charge in [-0.3, -0.25) is 4.90 Å². The zero-order chi connectivity index (χ0) is 15.6. The molecule has 0 saturated carbocycles.